The Morgan fingerprint density at radius 3 is 0.933 bits per heavy atom. The number of hydrogen-bond acceptors (Lipinski definition) is 16. The Kier molecular flexibility index (Phi) is 42.4. The van der Waals surface area contributed by atoms with Crippen LogP contribution in [0.25, 0.3) is 156 Å². The number of aliphatic hydroxyl groups excluding tert-OH is 4. The average Bonchev–Trinajstić information content (AvgIpc) is 1.62. The van der Waals surface area contributed by atoms with Crippen molar-refractivity contribution in [2.45, 2.75) is 102 Å². The van der Waals surface area contributed by atoms with E-state index in [0.29, 0.717) is 0 Å². The molecule has 0 aliphatic rings. The number of hydrogen-bond donors (Lipinski definition) is 4. The van der Waals surface area contributed by atoms with Gasteiger partial charge in [-0.2, -0.15) is 0 Å². The van der Waals surface area contributed by atoms with Gasteiger partial charge in [0.2, 0.25) is 0 Å². The molecule has 0 saturated carbocycles. The molecule has 18 aromatic rings. The molecule has 10 aromatic carbocycles. The molecule has 0 saturated heterocycles. The normalized spacial score (nSPS) is 10.9. The van der Waals surface area contributed by atoms with Crippen molar-refractivity contribution in [1.82, 2.24) is 19.9 Å². The van der Waals surface area contributed by atoms with Gasteiger partial charge in [-0.3, -0.25) is 19.2 Å². The van der Waals surface area contributed by atoms with Gasteiger partial charge in [-0.15, -0.1) is 144 Å². The summed E-state index contributed by atoms with van der Waals surface area (Å²) in [5.41, 5.74) is 25.0. The second-order valence-corrected chi connectivity index (χ2v) is 31.9. The van der Waals surface area contributed by atoms with Gasteiger partial charge in [-0.25, -0.2) is 0 Å². The summed E-state index contributed by atoms with van der Waals surface area (Å²) in [5, 5.41) is 37.7. The number of carbonyl (C=O) groups excluding carboxylic acids is 4. The molecule has 0 amide bonds. The summed E-state index contributed by atoms with van der Waals surface area (Å²) in [4.78, 5) is 58.2. The van der Waals surface area contributed by atoms with Crippen LogP contribution in [0.3, 0.4) is 0 Å². The zero-order valence-electron chi connectivity index (χ0n) is 77.0. The number of fused-ring (bicyclic) bond motifs is 4. The first kappa shape index (κ1) is 108. The fraction of sp³-hybridized carbons (Fsp3) is 0.130. The number of benzene rings is 10. The number of ketones is 4. The molecule has 0 atom stereocenters. The minimum absolute atomic E-state index is 0. The Bertz CT molecular complexity index is 6880. The van der Waals surface area contributed by atoms with Crippen molar-refractivity contribution in [3.05, 3.63) is 410 Å². The van der Waals surface area contributed by atoms with E-state index in [1.807, 2.05) is 146 Å². The average molecular weight is 2500 g/mol. The Balaban J connectivity index is 0.000000222. The molecule has 18 rings (SSSR count). The second-order valence-electron chi connectivity index (χ2n) is 31.9. The number of aromatic nitrogens is 4. The molecule has 0 unspecified atom stereocenters. The van der Waals surface area contributed by atoms with Crippen LogP contribution >= 0.6 is 0 Å². The van der Waals surface area contributed by atoms with E-state index in [4.69, 9.17) is 38.1 Å². The molecule has 16 nitrogen and oxygen atoms in total. The summed E-state index contributed by atoms with van der Waals surface area (Å²) >= 11 is 0. The number of pyridine rings is 4. The maximum absolute atomic E-state index is 10.0. The van der Waals surface area contributed by atoms with E-state index in [2.05, 4.69) is 237 Å². The molecule has 0 aliphatic heterocycles. The minimum atomic E-state index is -0.125. The Morgan fingerprint density at radius 1 is 0.304 bits per heavy atom. The van der Waals surface area contributed by atoms with Gasteiger partial charge in [0.05, 0.1) is 47.8 Å². The molecule has 8 aromatic heterocycles. The third-order valence-electron chi connectivity index (χ3n) is 19.9. The van der Waals surface area contributed by atoms with Crippen LogP contribution in [0.4, 0.5) is 0 Å². The van der Waals surface area contributed by atoms with Gasteiger partial charge in [0.15, 0.2) is 45.5 Å². The number of nitrogens with zero attached hydrogens (tertiary/aromatic N) is 4. The molecule has 0 bridgehead atoms. The zero-order valence-corrected chi connectivity index (χ0v) is 86.6. The summed E-state index contributed by atoms with van der Waals surface area (Å²) in [7, 11) is 0. The predicted octanol–water partition coefficient (Wildman–Crippen LogP) is 29.5. The van der Waals surface area contributed by atoms with Crippen LogP contribution in [-0.2, 0) is 105 Å². The van der Waals surface area contributed by atoms with E-state index in [1.54, 1.807) is 18.6 Å². The molecule has 0 aliphatic carbocycles. The van der Waals surface area contributed by atoms with Crippen molar-refractivity contribution in [1.29, 1.82) is 0 Å². The molecule has 135 heavy (non-hydrogen) atoms. The quantitative estimate of drug-likeness (QED) is 0.0448. The van der Waals surface area contributed by atoms with E-state index >= 15 is 0 Å². The molecule has 20 heteroatoms. The van der Waals surface area contributed by atoms with Crippen LogP contribution in [0.2, 0.25) is 0 Å². The van der Waals surface area contributed by atoms with Gasteiger partial charge in [0.25, 0.3) is 0 Å². The van der Waals surface area contributed by atoms with Crippen LogP contribution in [-0.4, -0.2) is 63.5 Å². The standard InChI is InChI=1S/C27H20NO.C25H16NO.C23H20NO.C20H14NO.4C5H8O2.4Ir/c1-18-7-6-8-19(2)27(18)22-13-11-21(12-14-22)25-16-23-15-24(28-17-26(23)29-25)20-9-4-3-5-10-20;1-4-10-18(11-5-1)22-16-21-23(17-26-22)27-25(20-14-8-3-9-15-20)24(21)19-12-6-2-7-13-19;1-23(2,3)19-11-9-17(10-12-19)21-14-18-13-20(24-15-22(18)25-21)16-7-5-4-6-8-16;1-14-17-12-18(15-8-4-2-5-9-15)21-13-19(17)22-20(14)16-10-6-3-7-11-16;4*1-4(6)3-5(2)7;;;;/h3-9,11-17H,1-2H3;1-10,12-17H;4-7,9-15H,1-3H3;2-8,10-13H,1H3;4*3,6H,1-2H3;;;;/q4*-1;;;;;;;;. The van der Waals surface area contributed by atoms with Gasteiger partial charge in [0, 0.05) is 160 Å². The number of allylic oxidation sites excluding steroid dienone is 8. The minimum Gasteiger partial charge on any atom is -0.512 e. The summed E-state index contributed by atoms with van der Waals surface area (Å²) < 4.78 is 24.3. The largest absolute Gasteiger partial charge is 0.512 e. The van der Waals surface area contributed by atoms with Crippen molar-refractivity contribution >= 4 is 67.0 Å². The maximum Gasteiger partial charge on any atom is 0.155 e. The first-order chi connectivity index (χ1) is 62.9. The number of carbonyl (C=O) groups is 4. The Hall–Kier alpha value is -13.6. The summed E-state index contributed by atoms with van der Waals surface area (Å²) in [6.45, 7) is 24.5. The van der Waals surface area contributed by atoms with E-state index in [0.717, 1.165) is 151 Å². The van der Waals surface area contributed by atoms with Crippen LogP contribution in [0.5, 0.6) is 0 Å². The molecule has 0 fully saturated rings. The van der Waals surface area contributed by atoms with E-state index in [-0.39, 0.29) is 132 Å². The third-order valence-corrected chi connectivity index (χ3v) is 19.9. The third kappa shape index (κ3) is 31.8. The van der Waals surface area contributed by atoms with E-state index in [1.165, 1.54) is 108 Å². The van der Waals surface area contributed by atoms with Crippen LogP contribution in [0.15, 0.2) is 381 Å². The summed E-state index contributed by atoms with van der Waals surface area (Å²) in [6.07, 6.45) is 11.9. The summed E-state index contributed by atoms with van der Waals surface area (Å²) in [5.74, 6) is 3.25. The number of rotatable bonds is 14. The predicted molar refractivity (Wildman–Crippen MR) is 527 cm³/mol. The molecule has 8 heterocycles. The van der Waals surface area contributed by atoms with Crippen LogP contribution < -0.4 is 0 Å². The van der Waals surface area contributed by atoms with Gasteiger partial charge >= 0.3 is 0 Å². The SMILES string of the molecule is CC(=O)C=C(C)O.CC(=O)C=C(C)O.CC(=O)C=C(C)O.CC(=O)C=C(C)O.CC(C)(C)c1ccc(-c2cc3cc(-c4[c-]cccc4)ncc3o2)cc1.Cc1c(-c2ccccc2)oc2cnc(-c3[c-]cccc3)cc12.Cc1cccc(C)c1-c1ccc(-c2cc3cc(-c4[c-]cccc4)ncc3o2)cc1.[Ir].[Ir].[Ir].[Ir].[c-]1ccccc1-c1cc2c(-c3ccccc3)c(-c3ccccc3)oc2cn1. The molecule has 4 radical (unpaired) electrons. The molecular formula is C115H102Ir4N4O12-4. The summed E-state index contributed by atoms with van der Waals surface area (Å²) in [6, 6.07) is 111. The van der Waals surface area contributed by atoms with E-state index in [9.17, 15) is 19.2 Å². The van der Waals surface area contributed by atoms with Gasteiger partial charge in [-0.1, -0.05) is 203 Å². The molecule has 0 spiro atoms. The first-order valence-corrected chi connectivity index (χ1v) is 42.4. The smallest absolute Gasteiger partial charge is 0.155 e. The fourth-order valence-corrected chi connectivity index (χ4v) is 14.0. The van der Waals surface area contributed by atoms with Crippen molar-refractivity contribution in [3.8, 4) is 113 Å². The second kappa shape index (κ2) is 52.7. The number of aryl methyl sites for hydroxylation is 3. The maximum atomic E-state index is 10.0. The first-order valence-electron chi connectivity index (χ1n) is 42.4. The Labute approximate surface area is 842 Å². The van der Waals surface area contributed by atoms with Crippen molar-refractivity contribution < 1.29 is 138 Å². The zero-order chi connectivity index (χ0) is 93.7. The van der Waals surface area contributed by atoms with Crippen molar-refractivity contribution in [3.63, 3.8) is 0 Å². The molecule has 4 N–H and O–H groups in total. The monoisotopic (exact) mass is 2500 g/mol. The van der Waals surface area contributed by atoms with E-state index < -0.39 is 0 Å². The van der Waals surface area contributed by atoms with Crippen LogP contribution in [0, 0.1) is 45.0 Å². The number of furan rings is 4. The fourth-order valence-electron chi connectivity index (χ4n) is 14.0. The Morgan fingerprint density at radius 2 is 0.600 bits per heavy atom. The van der Waals surface area contributed by atoms with Gasteiger partial charge < -0.3 is 58.0 Å². The van der Waals surface area contributed by atoms with Crippen molar-refractivity contribution in [2.75, 3.05) is 0 Å². The number of aliphatic hydroxyl groups is 4. The molecule has 694 valence electrons. The van der Waals surface area contributed by atoms with Crippen LogP contribution in [0.1, 0.15) is 98.4 Å². The molecular weight excluding hydrogens is 2400 g/mol. The topological polar surface area (TPSA) is 253 Å². The van der Waals surface area contributed by atoms with Crippen molar-refractivity contribution in [2.24, 2.45) is 0 Å². The van der Waals surface area contributed by atoms with Gasteiger partial charge in [0.1, 0.15) is 23.0 Å². The van der Waals surface area contributed by atoms with Gasteiger partial charge in [-0.05, 0) is 150 Å².